The number of aliphatic hydroxyl groups is 1. The summed E-state index contributed by atoms with van der Waals surface area (Å²) >= 11 is 0. The van der Waals surface area contributed by atoms with Crippen molar-refractivity contribution in [2.75, 3.05) is 13.7 Å². The highest BCUT2D eigenvalue weighted by Crippen LogP contribution is 2.12. The largest absolute Gasteiger partial charge is 0.497 e. The second-order valence-electron chi connectivity index (χ2n) is 4.76. The molecule has 0 spiro atoms. The van der Waals surface area contributed by atoms with Gasteiger partial charge in [0.1, 0.15) is 5.75 Å². The number of ether oxygens (including phenoxy) is 1. The van der Waals surface area contributed by atoms with E-state index in [0.717, 1.165) is 31.6 Å². The monoisotopic (exact) mass is 251 g/mol. The fourth-order valence-corrected chi connectivity index (χ4v) is 1.89. The molecule has 2 N–H and O–H groups in total. The maximum Gasteiger partial charge on any atom is 0.118 e. The molecule has 1 aromatic rings. The van der Waals surface area contributed by atoms with Crippen molar-refractivity contribution >= 4 is 0 Å². The smallest absolute Gasteiger partial charge is 0.118 e. The van der Waals surface area contributed by atoms with E-state index in [0.29, 0.717) is 6.04 Å². The normalized spacial score (nSPS) is 14.2. The van der Waals surface area contributed by atoms with Gasteiger partial charge < -0.3 is 15.2 Å². The Labute approximate surface area is 110 Å². The SMILES string of the molecule is CCC(O)CCNC(C)Cc1ccc(OC)cc1. The zero-order chi connectivity index (χ0) is 13.4. The molecule has 0 aliphatic rings. The summed E-state index contributed by atoms with van der Waals surface area (Å²) in [5, 5.41) is 12.9. The topological polar surface area (TPSA) is 41.5 Å². The molecule has 2 unspecified atom stereocenters. The van der Waals surface area contributed by atoms with Gasteiger partial charge in [-0.3, -0.25) is 0 Å². The molecule has 2 atom stereocenters. The van der Waals surface area contributed by atoms with Gasteiger partial charge in [0, 0.05) is 6.04 Å². The van der Waals surface area contributed by atoms with Crippen LogP contribution in [-0.4, -0.2) is 30.9 Å². The molecular formula is C15H25NO2. The van der Waals surface area contributed by atoms with Crippen molar-refractivity contribution in [3.05, 3.63) is 29.8 Å². The van der Waals surface area contributed by atoms with Gasteiger partial charge >= 0.3 is 0 Å². The van der Waals surface area contributed by atoms with E-state index in [1.54, 1.807) is 7.11 Å². The molecule has 0 saturated heterocycles. The van der Waals surface area contributed by atoms with Crippen LogP contribution in [0.2, 0.25) is 0 Å². The summed E-state index contributed by atoms with van der Waals surface area (Å²) in [5.74, 6) is 0.894. The Morgan fingerprint density at radius 2 is 1.94 bits per heavy atom. The number of nitrogens with one attached hydrogen (secondary N) is 1. The second kappa shape index (κ2) is 8.11. The van der Waals surface area contributed by atoms with Crippen molar-refractivity contribution in [1.29, 1.82) is 0 Å². The number of hydrogen-bond donors (Lipinski definition) is 2. The minimum Gasteiger partial charge on any atom is -0.497 e. The first-order chi connectivity index (χ1) is 8.65. The number of hydrogen-bond acceptors (Lipinski definition) is 3. The molecule has 0 saturated carbocycles. The van der Waals surface area contributed by atoms with Gasteiger partial charge in [0.25, 0.3) is 0 Å². The van der Waals surface area contributed by atoms with Crippen LogP contribution >= 0.6 is 0 Å². The summed E-state index contributed by atoms with van der Waals surface area (Å²) in [7, 11) is 1.68. The van der Waals surface area contributed by atoms with E-state index >= 15 is 0 Å². The first-order valence-electron chi connectivity index (χ1n) is 6.70. The van der Waals surface area contributed by atoms with E-state index in [1.807, 2.05) is 19.1 Å². The molecule has 102 valence electrons. The molecule has 1 aromatic carbocycles. The minimum absolute atomic E-state index is 0.175. The van der Waals surface area contributed by atoms with Gasteiger partial charge in [-0.05, 0) is 50.4 Å². The van der Waals surface area contributed by atoms with Gasteiger partial charge in [0.05, 0.1) is 13.2 Å². The lowest BCUT2D eigenvalue weighted by Gasteiger charge is -2.15. The molecule has 0 heterocycles. The second-order valence-corrected chi connectivity index (χ2v) is 4.76. The third kappa shape index (κ3) is 5.52. The van der Waals surface area contributed by atoms with E-state index in [-0.39, 0.29) is 6.10 Å². The molecular weight excluding hydrogens is 226 g/mol. The Bertz CT molecular complexity index is 324. The van der Waals surface area contributed by atoms with E-state index in [1.165, 1.54) is 5.56 Å². The van der Waals surface area contributed by atoms with Crippen LogP contribution in [0.5, 0.6) is 5.75 Å². The Morgan fingerprint density at radius 3 is 2.50 bits per heavy atom. The maximum absolute atomic E-state index is 9.46. The molecule has 0 aliphatic carbocycles. The van der Waals surface area contributed by atoms with Crippen LogP contribution in [0.1, 0.15) is 32.3 Å². The average Bonchev–Trinajstić information content (AvgIpc) is 2.39. The molecule has 0 radical (unpaired) electrons. The van der Waals surface area contributed by atoms with Gasteiger partial charge in [-0.25, -0.2) is 0 Å². The molecule has 0 bridgehead atoms. The van der Waals surface area contributed by atoms with Crippen LogP contribution in [0.3, 0.4) is 0 Å². The van der Waals surface area contributed by atoms with E-state index < -0.39 is 0 Å². The predicted octanol–water partition coefficient (Wildman–Crippen LogP) is 2.38. The van der Waals surface area contributed by atoms with Crippen molar-refractivity contribution < 1.29 is 9.84 Å². The summed E-state index contributed by atoms with van der Waals surface area (Å²) in [6.45, 7) is 5.04. The maximum atomic E-state index is 9.46. The molecule has 3 nitrogen and oxygen atoms in total. The third-order valence-corrected chi connectivity index (χ3v) is 3.14. The molecule has 3 heteroatoms. The van der Waals surface area contributed by atoms with Gasteiger partial charge in [-0.15, -0.1) is 0 Å². The van der Waals surface area contributed by atoms with Gasteiger partial charge in [-0.1, -0.05) is 19.1 Å². The van der Waals surface area contributed by atoms with E-state index in [4.69, 9.17) is 4.74 Å². The summed E-state index contributed by atoms with van der Waals surface area (Å²) < 4.78 is 5.13. The lowest BCUT2D eigenvalue weighted by Crippen LogP contribution is -2.30. The Morgan fingerprint density at radius 1 is 1.28 bits per heavy atom. The summed E-state index contributed by atoms with van der Waals surface area (Å²) in [5.41, 5.74) is 1.30. The van der Waals surface area contributed by atoms with Gasteiger partial charge in [0.15, 0.2) is 0 Å². The summed E-state index contributed by atoms with van der Waals surface area (Å²) in [6.07, 6.45) is 2.47. The van der Waals surface area contributed by atoms with Crippen LogP contribution in [0.25, 0.3) is 0 Å². The van der Waals surface area contributed by atoms with Crippen LogP contribution < -0.4 is 10.1 Å². The fourth-order valence-electron chi connectivity index (χ4n) is 1.89. The lowest BCUT2D eigenvalue weighted by molar-refractivity contribution is 0.159. The van der Waals surface area contributed by atoms with Crippen LogP contribution in [0.4, 0.5) is 0 Å². The quantitative estimate of drug-likeness (QED) is 0.745. The Balaban J connectivity index is 2.28. The molecule has 1 rings (SSSR count). The zero-order valence-electron chi connectivity index (χ0n) is 11.6. The number of aliphatic hydroxyl groups excluding tert-OH is 1. The highest BCUT2D eigenvalue weighted by molar-refractivity contribution is 5.27. The van der Waals surface area contributed by atoms with E-state index in [2.05, 4.69) is 24.4 Å². The first kappa shape index (κ1) is 15.0. The molecule has 0 aromatic heterocycles. The molecule has 0 aliphatic heterocycles. The Hall–Kier alpha value is -1.06. The summed E-state index contributed by atoms with van der Waals surface area (Å²) in [6, 6.07) is 8.59. The highest BCUT2D eigenvalue weighted by Gasteiger charge is 2.05. The first-order valence-corrected chi connectivity index (χ1v) is 6.70. The number of rotatable bonds is 8. The number of methoxy groups -OCH3 is 1. The minimum atomic E-state index is -0.175. The fraction of sp³-hybridized carbons (Fsp3) is 0.600. The van der Waals surface area contributed by atoms with Crippen LogP contribution in [0, 0.1) is 0 Å². The summed E-state index contributed by atoms with van der Waals surface area (Å²) in [4.78, 5) is 0. The predicted molar refractivity (Wildman–Crippen MR) is 75.1 cm³/mol. The standard InChI is InChI=1S/C15H25NO2/c1-4-14(17)9-10-16-12(2)11-13-5-7-15(18-3)8-6-13/h5-8,12,14,16-17H,4,9-11H2,1-3H3. The lowest BCUT2D eigenvalue weighted by atomic mass is 10.1. The van der Waals surface area contributed by atoms with Crippen molar-refractivity contribution in [3.63, 3.8) is 0 Å². The molecule has 18 heavy (non-hydrogen) atoms. The average molecular weight is 251 g/mol. The molecule has 0 amide bonds. The third-order valence-electron chi connectivity index (χ3n) is 3.14. The van der Waals surface area contributed by atoms with Crippen molar-refractivity contribution in [2.45, 2.75) is 45.3 Å². The number of benzene rings is 1. The van der Waals surface area contributed by atoms with Gasteiger partial charge in [0.2, 0.25) is 0 Å². The van der Waals surface area contributed by atoms with Crippen molar-refractivity contribution in [3.8, 4) is 5.75 Å². The molecule has 0 fully saturated rings. The van der Waals surface area contributed by atoms with Crippen molar-refractivity contribution in [2.24, 2.45) is 0 Å². The van der Waals surface area contributed by atoms with Crippen LogP contribution in [-0.2, 0) is 6.42 Å². The van der Waals surface area contributed by atoms with E-state index in [9.17, 15) is 5.11 Å². The van der Waals surface area contributed by atoms with Crippen molar-refractivity contribution in [1.82, 2.24) is 5.32 Å². The van der Waals surface area contributed by atoms with Crippen LogP contribution in [0.15, 0.2) is 24.3 Å². The Kier molecular flexibility index (Phi) is 6.76. The highest BCUT2D eigenvalue weighted by atomic mass is 16.5. The zero-order valence-corrected chi connectivity index (χ0v) is 11.6. The van der Waals surface area contributed by atoms with Gasteiger partial charge in [-0.2, -0.15) is 0 Å².